The normalized spacial score (nSPS) is 11.1. The summed E-state index contributed by atoms with van der Waals surface area (Å²) >= 11 is 4.89. The van der Waals surface area contributed by atoms with E-state index in [-0.39, 0.29) is 11.3 Å². The van der Waals surface area contributed by atoms with Gasteiger partial charge in [-0.1, -0.05) is 45.1 Å². The molecule has 0 bridgehead atoms. The number of thiocarbonyl (C=S) groups is 1. The molecule has 18 heavy (non-hydrogen) atoms. The van der Waals surface area contributed by atoms with Crippen LogP contribution in [0, 0.1) is 5.41 Å². The lowest BCUT2D eigenvalue weighted by molar-refractivity contribution is 0.0949. The molecule has 3 N–H and O–H groups in total. The number of benzene rings is 1. The maximum atomic E-state index is 11.9. The summed E-state index contributed by atoms with van der Waals surface area (Å²) in [6.45, 7) is 7.10. The van der Waals surface area contributed by atoms with Gasteiger partial charge in [-0.2, -0.15) is 0 Å². The van der Waals surface area contributed by atoms with Crippen LogP contribution in [0.1, 0.15) is 43.1 Å². The van der Waals surface area contributed by atoms with Crippen LogP contribution >= 0.6 is 12.2 Å². The van der Waals surface area contributed by atoms with Crippen molar-refractivity contribution in [2.75, 3.05) is 6.54 Å². The van der Waals surface area contributed by atoms with Gasteiger partial charge in [-0.3, -0.25) is 4.79 Å². The largest absolute Gasteiger partial charge is 0.389 e. The lowest BCUT2D eigenvalue weighted by atomic mass is 9.92. The van der Waals surface area contributed by atoms with Crippen LogP contribution in [0.3, 0.4) is 0 Å². The molecule has 0 aromatic heterocycles. The van der Waals surface area contributed by atoms with E-state index < -0.39 is 0 Å². The summed E-state index contributed by atoms with van der Waals surface area (Å²) in [6.07, 6.45) is 0.938. The van der Waals surface area contributed by atoms with Gasteiger partial charge in [-0.15, -0.1) is 0 Å². The van der Waals surface area contributed by atoms with E-state index in [0.717, 1.165) is 6.42 Å². The third-order valence-corrected chi connectivity index (χ3v) is 2.81. The zero-order valence-corrected chi connectivity index (χ0v) is 11.9. The highest BCUT2D eigenvalue weighted by Gasteiger charge is 2.11. The molecular weight excluding hydrogens is 244 g/mol. The van der Waals surface area contributed by atoms with Crippen LogP contribution in [0.25, 0.3) is 0 Å². The number of nitrogens with two attached hydrogens (primary N) is 1. The molecule has 98 valence electrons. The Balaban J connectivity index is 2.62. The molecular formula is C14H20N2OS. The van der Waals surface area contributed by atoms with E-state index in [0.29, 0.717) is 22.7 Å². The number of amides is 1. The van der Waals surface area contributed by atoms with E-state index in [1.807, 2.05) is 0 Å². The van der Waals surface area contributed by atoms with E-state index in [1.54, 1.807) is 24.3 Å². The second-order valence-electron chi connectivity index (χ2n) is 5.51. The van der Waals surface area contributed by atoms with Gasteiger partial charge in [0, 0.05) is 17.7 Å². The summed E-state index contributed by atoms with van der Waals surface area (Å²) in [5, 5.41) is 2.90. The fraction of sp³-hybridized carbons (Fsp3) is 0.429. The predicted molar refractivity (Wildman–Crippen MR) is 78.7 cm³/mol. The van der Waals surface area contributed by atoms with Gasteiger partial charge in [0.25, 0.3) is 5.91 Å². The van der Waals surface area contributed by atoms with Crippen molar-refractivity contribution in [3.8, 4) is 0 Å². The molecule has 0 heterocycles. The standard InChI is InChI=1S/C14H20N2OS/c1-14(2,3)7-8-16-13(17)11-6-4-5-10(9-11)12(15)18/h4-6,9H,7-8H2,1-3H3,(H2,15,18)(H,16,17). The van der Waals surface area contributed by atoms with E-state index in [2.05, 4.69) is 26.1 Å². The molecule has 1 aromatic carbocycles. The summed E-state index contributed by atoms with van der Waals surface area (Å²) in [6, 6.07) is 7.06. The summed E-state index contributed by atoms with van der Waals surface area (Å²) in [7, 11) is 0. The van der Waals surface area contributed by atoms with Crippen molar-refractivity contribution in [1.29, 1.82) is 0 Å². The van der Waals surface area contributed by atoms with Crippen molar-refractivity contribution in [2.24, 2.45) is 11.1 Å². The van der Waals surface area contributed by atoms with Crippen molar-refractivity contribution in [1.82, 2.24) is 5.32 Å². The second kappa shape index (κ2) is 5.96. The molecule has 0 saturated heterocycles. The number of nitrogens with one attached hydrogen (secondary N) is 1. The molecule has 0 aliphatic rings. The third-order valence-electron chi connectivity index (χ3n) is 2.57. The van der Waals surface area contributed by atoms with Gasteiger partial charge in [0.05, 0.1) is 0 Å². The Labute approximate surface area is 114 Å². The van der Waals surface area contributed by atoms with Crippen LogP contribution in [0.2, 0.25) is 0 Å². The van der Waals surface area contributed by atoms with Crippen LogP contribution in [-0.4, -0.2) is 17.4 Å². The molecule has 0 fully saturated rings. The van der Waals surface area contributed by atoms with Crippen molar-refractivity contribution in [3.05, 3.63) is 35.4 Å². The second-order valence-corrected chi connectivity index (χ2v) is 5.95. The first-order valence-electron chi connectivity index (χ1n) is 5.98. The van der Waals surface area contributed by atoms with Gasteiger partial charge >= 0.3 is 0 Å². The van der Waals surface area contributed by atoms with Gasteiger partial charge < -0.3 is 11.1 Å². The number of hydrogen-bond acceptors (Lipinski definition) is 2. The van der Waals surface area contributed by atoms with E-state index in [1.165, 1.54) is 0 Å². The summed E-state index contributed by atoms with van der Waals surface area (Å²) in [4.78, 5) is 12.2. The van der Waals surface area contributed by atoms with E-state index in [9.17, 15) is 4.79 Å². The number of carbonyl (C=O) groups excluding carboxylic acids is 1. The van der Waals surface area contributed by atoms with Crippen LogP contribution in [0.15, 0.2) is 24.3 Å². The highest BCUT2D eigenvalue weighted by molar-refractivity contribution is 7.80. The van der Waals surface area contributed by atoms with Crippen molar-refractivity contribution in [2.45, 2.75) is 27.2 Å². The van der Waals surface area contributed by atoms with Gasteiger partial charge in [0.15, 0.2) is 0 Å². The summed E-state index contributed by atoms with van der Waals surface area (Å²) < 4.78 is 0. The SMILES string of the molecule is CC(C)(C)CCNC(=O)c1cccc(C(N)=S)c1. The van der Waals surface area contributed by atoms with Crippen molar-refractivity contribution >= 4 is 23.1 Å². The maximum Gasteiger partial charge on any atom is 0.251 e. The molecule has 0 unspecified atom stereocenters. The average Bonchev–Trinajstić information content (AvgIpc) is 2.27. The minimum absolute atomic E-state index is 0.0858. The highest BCUT2D eigenvalue weighted by atomic mass is 32.1. The number of carbonyl (C=O) groups is 1. The quantitative estimate of drug-likeness (QED) is 0.822. The topological polar surface area (TPSA) is 55.1 Å². The van der Waals surface area contributed by atoms with Crippen molar-refractivity contribution < 1.29 is 4.79 Å². The van der Waals surface area contributed by atoms with Crippen molar-refractivity contribution in [3.63, 3.8) is 0 Å². The summed E-state index contributed by atoms with van der Waals surface area (Å²) in [5.41, 5.74) is 7.06. The Bertz CT molecular complexity index is 449. The van der Waals surface area contributed by atoms with Gasteiger partial charge in [-0.25, -0.2) is 0 Å². The average molecular weight is 264 g/mol. The molecule has 1 rings (SSSR count). The van der Waals surface area contributed by atoms with Gasteiger partial charge in [0.1, 0.15) is 4.99 Å². The van der Waals surface area contributed by atoms with Crippen LogP contribution in [-0.2, 0) is 0 Å². The third kappa shape index (κ3) is 4.84. The van der Waals surface area contributed by atoms with E-state index in [4.69, 9.17) is 18.0 Å². The zero-order valence-electron chi connectivity index (χ0n) is 11.1. The smallest absolute Gasteiger partial charge is 0.251 e. The lowest BCUT2D eigenvalue weighted by Gasteiger charge is -2.18. The first-order valence-corrected chi connectivity index (χ1v) is 6.38. The molecule has 4 heteroatoms. The molecule has 0 aliphatic heterocycles. The molecule has 0 aliphatic carbocycles. The predicted octanol–water partition coefficient (Wildman–Crippen LogP) is 2.49. The number of hydrogen-bond donors (Lipinski definition) is 2. The Morgan fingerprint density at radius 1 is 1.33 bits per heavy atom. The zero-order chi connectivity index (χ0) is 13.8. The molecule has 0 saturated carbocycles. The fourth-order valence-corrected chi connectivity index (χ4v) is 1.59. The molecule has 0 atom stereocenters. The highest BCUT2D eigenvalue weighted by Crippen LogP contribution is 2.17. The molecule has 1 aromatic rings. The van der Waals surface area contributed by atoms with Gasteiger partial charge in [0.2, 0.25) is 0 Å². The van der Waals surface area contributed by atoms with E-state index >= 15 is 0 Å². The molecule has 0 radical (unpaired) electrons. The Kier molecular flexibility index (Phi) is 4.84. The molecule has 1 amide bonds. The fourth-order valence-electron chi connectivity index (χ4n) is 1.47. The lowest BCUT2D eigenvalue weighted by Crippen LogP contribution is -2.27. The first kappa shape index (κ1) is 14.6. The van der Waals surface area contributed by atoms with Crippen LogP contribution < -0.4 is 11.1 Å². The monoisotopic (exact) mass is 264 g/mol. The number of rotatable bonds is 4. The maximum absolute atomic E-state index is 11.9. The molecule has 0 spiro atoms. The van der Waals surface area contributed by atoms with Crippen LogP contribution in [0.4, 0.5) is 0 Å². The Morgan fingerprint density at radius 2 is 1.94 bits per heavy atom. The minimum atomic E-state index is -0.0858. The minimum Gasteiger partial charge on any atom is -0.389 e. The Morgan fingerprint density at radius 3 is 2.50 bits per heavy atom. The van der Waals surface area contributed by atoms with Crippen LogP contribution in [0.5, 0.6) is 0 Å². The van der Waals surface area contributed by atoms with Gasteiger partial charge in [-0.05, 0) is 24.0 Å². The first-order chi connectivity index (χ1) is 8.29. The Hall–Kier alpha value is -1.42. The summed E-state index contributed by atoms with van der Waals surface area (Å²) in [5.74, 6) is -0.0858. The molecule has 3 nitrogen and oxygen atoms in total.